The quantitative estimate of drug-likeness (QED) is 0.342. The normalized spacial score (nSPS) is 12.0. The topological polar surface area (TPSA) is 50.4 Å². The smallest absolute Gasteiger partial charge is 0.150 e. The van der Waals surface area contributed by atoms with E-state index in [4.69, 9.17) is 5.73 Å². The highest BCUT2D eigenvalue weighted by Crippen LogP contribution is 2.05. The first-order valence-corrected chi connectivity index (χ1v) is 4.87. The number of amidine groups is 1. The zero-order valence-electron chi connectivity index (χ0n) is 9.06. The Morgan fingerprint density at radius 2 is 1.94 bits per heavy atom. The molecule has 0 aliphatic rings. The van der Waals surface area contributed by atoms with Crippen molar-refractivity contribution in [3.05, 3.63) is 67.3 Å². The van der Waals surface area contributed by atoms with E-state index in [-0.39, 0.29) is 0 Å². The summed E-state index contributed by atoms with van der Waals surface area (Å²) >= 11 is 0. The van der Waals surface area contributed by atoms with Gasteiger partial charge in [0.25, 0.3) is 0 Å². The van der Waals surface area contributed by atoms with Gasteiger partial charge >= 0.3 is 0 Å². The molecule has 0 spiro atoms. The number of nitrogens with one attached hydrogen (secondary N) is 1. The Balaban J connectivity index is 2.74. The summed E-state index contributed by atoms with van der Waals surface area (Å²) in [6.07, 6.45) is 5.02. The van der Waals surface area contributed by atoms with E-state index in [9.17, 15) is 0 Å². The van der Waals surface area contributed by atoms with Gasteiger partial charge in [0.15, 0.2) is 5.84 Å². The van der Waals surface area contributed by atoms with E-state index in [1.807, 2.05) is 30.3 Å². The molecule has 1 rings (SSSR count). The highest BCUT2D eigenvalue weighted by Gasteiger charge is 1.96. The van der Waals surface area contributed by atoms with Crippen molar-refractivity contribution >= 4 is 11.5 Å². The van der Waals surface area contributed by atoms with Crippen molar-refractivity contribution in [2.45, 2.75) is 0 Å². The molecule has 82 valence electrons. The fraction of sp³-hybridized carbons (Fsp3) is 0. The number of anilines is 1. The maximum atomic E-state index is 5.76. The first-order valence-electron chi connectivity index (χ1n) is 4.87. The van der Waals surface area contributed by atoms with Crippen LogP contribution in [0.4, 0.5) is 5.69 Å². The molecule has 0 aliphatic carbocycles. The summed E-state index contributed by atoms with van der Waals surface area (Å²) in [5, 5.41) is 4.04. The lowest BCUT2D eigenvalue weighted by atomic mass is 10.2. The highest BCUT2D eigenvalue weighted by atomic mass is 15.3. The molecule has 3 N–H and O–H groups in total. The van der Waals surface area contributed by atoms with E-state index < -0.39 is 0 Å². The maximum Gasteiger partial charge on any atom is 0.150 e. The van der Waals surface area contributed by atoms with Crippen molar-refractivity contribution in [1.82, 2.24) is 0 Å². The fourth-order valence-corrected chi connectivity index (χ4v) is 1.09. The van der Waals surface area contributed by atoms with Gasteiger partial charge in [0, 0.05) is 5.57 Å². The van der Waals surface area contributed by atoms with Crippen LogP contribution >= 0.6 is 0 Å². The highest BCUT2D eigenvalue weighted by molar-refractivity contribution is 6.00. The number of hydrazone groups is 1. The van der Waals surface area contributed by atoms with E-state index in [1.165, 1.54) is 0 Å². The molecule has 0 bridgehead atoms. The summed E-state index contributed by atoms with van der Waals surface area (Å²) in [5.41, 5.74) is 10.2. The number of nitrogens with two attached hydrogens (primary N) is 1. The zero-order valence-corrected chi connectivity index (χ0v) is 9.06. The second-order valence-corrected chi connectivity index (χ2v) is 3.04. The summed E-state index contributed by atoms with van der Waals surface area (Å²) in [6, 6.07) is 9.58. The molecule has 0 saturated carbocycles. The van der Waals surface area contributed by atoms with E-state index in [0.29, 0.717) is 5.84 Å². The lowest BCUT2D eigenvalue weighted by molar-refractivity contribution is 1.31. The minimum Gasteiger partial charge on any atom is -0.382 e. The summed E-state index contributed by atoms with van der Waals surface area (Å²) in [5.74, 6) is 0.374. The van der Waals surface area contributed by atoms with Gasteiger partial charge in [-0.1, -0.05) is 49.6 Å². The van der Waals surface area contributed by atoms with Crippen LogP contribution in [0.2, 0.25) is 0 Å². The Morgan fingerprint density at radius 1 is 1.25 bits per heavy atom. The van der Waals surface area contributed by atoms with Crippen LogP contribution in [0.25, 0.3) is 0 Å². The molecule has 16 heavy (non-hydrogen) atoms. The monoisotopic (exact) mass is 213 g/mol. The molecule has 3 heteroatoms. The van der Waals surface area contributed by atoms with Crippen molar-refractivity contribution in [3.63, 3.8) is 0 Å². The van der Waals surface area contributed by atoms with Crippen molar-refractivity contribution in [1.29, 1.82) is 0 Å². The Hall–Kier alpha value is -2.29. The predicted octanol–water partition coefficient (Wildman–Crippen LogP) is 2.67. The van der Waals surface area contributed by atoms with E-state index in [2.05, 4.69) is 23.7 Å². The molecular weight excluding hydrogens is 198 g/mol. The van der Waals surface area contributed by atoms with Crippen molar-refractivity contribution in [2.24, 2.45) is 10.8 Å². The molecule has 0 fully saturated rings. The average Bonchev–Trinajstić information content (AvgIpc) is 2.34. The number of para-hydroxylation sites is 1. The van der Waals surface area contributed by atoms with Gasteiger partial charge in [-0.05, 0) is 12.1 Å². The molecule has 0 unspecified atom stereocenters. The largest absolute Gasteiger partial charge is 0.382 e. The fourth-order valence-electron chi connectivity index (χ4n) is 1.09. The third kappa shape index (κ3) is 3.46. The van der Waals surface area contributed by atoms with Gasteiger partial charge in [-0.2, -0.15) is 5.10 Å². The third-order valence-electron chi connectivity index (χ3n) is 1.89. The number of benzene rings is 1. The van der Waals surface area contributed by atoms with Crippen LogP contribution in [-0.2, 0) is 0 Å². The molecule has 0 aromatic heterocycles. The third-order valence-corrected chi connectivity index (χ3v) is 1.89. The van der Waals surface area contributed by atoms with Crippen molar-refractivity contribution in [3.8, 4) is 0 Å². The van der Waals surface area contributed by atoms with Gasteiger partial charge in [-0.3, -0.25) is 5.43 Å². The Labute approximate surface area is 95.7 Å². The van der Waals surface area contributed by atoms with Crippen molar-refractivity contribution < 1.29 is 0 Å². The summed E-state index contributed by atoms with van der Waals surface area (Å²) in [6.45, 7) is 7.25. The number of hydrogen-bond donors (Lipinski definition) is 2. The van der Waals surface area contributed by atoms with Gasteiger partial charge < -0.3 is 5.73 Å². The summed E-state index contributed by atoms with van der Waals surface area (Å²) in [4.78, 5) is 0. The Kier molecular flexibility index (Phi) is 4.60. The molecular formula is C13H15N3. The minimum absolute atomic E-state index is 0.374. The Bertz CT molecular complexity index is 416. The predicted molar refractivity (Wildman–Crippen MR) is 70.2 cm³/mol. The van der Waals surface area contributed by atoms with Crippen LogP contribution in [0.15, 0.2) is 72.4 Å². The van der Waals surface area contributed by atoms with Crippen LogP contribution in [0.1, 0.15) is 0 Å². The van der Waals surface area contributed by atoms with Crippen molar-refractivity contribution in [2.75, 3.05) is 5.43 Å². The van der Waals surface area contributed by atoms with Gasteiger partial charge in [0.1, 0.15) is 0 Å². The second kappa shape index (κ2) is 6.24. The molecule has 0 atom stereocenters. The van der Waals surface area contributed by atoms with E-state index in [0.717, 1.165) is 11.3 Å². The van der Waals surface area contributed by atoms with Crippen LogP contribution in [-0.4, -0.2) is 5.84 Å². The van der Waals surface area contributed by atoms with Gasteiger partial charge in [0.2, 0.25) is 0 Å². The minimum atomic E-state index is 0.374. The van der Waals surface area contributed by atoms with Crippen LogP contribution < -0.4 is 11.2 Å². The lowest BCUT2D eigenvalue weighted by Crippen LogP contribution is -2.15. The van der Waals surface area contributed by atoms with Gasteiger partial charge in [0.05, 0.1) is 5.69 Å². The zero-order chi connectivity index (χ0) is 11.8. The van der Waals surface area contributed by atoms with Crippen LogP contribution in [0, 0.1) is 0 Å². The number of rotatable bonds is 5. The molecule has 0 radical (unpaired) electrons. The molecule has 0 amide bonds. The first-order chi connectivity index (χ1) is 7.77. The molecule has 0 aliphatic heterocycles. The standard InChI is InChI=1S/C13H15N3/c1-3-8-11(4-2)13(14)16-15-12-9-6-5-7-10-12/h3-10,15H,1-2H2,(H2,14,16)/b11-8+. The van der Waals surface area contributed by atoms with Crippen LogP contribution in [0.3, 0.4) is 0 Å². The number of allylic oxidation sites excluding steroid dienone is 2. The molecule has 0 saturated heterocycles. The molecule has 1 aromatic rings. The SMILES string of the molecule is C=C/C=C(C=C)/C(N)=N/Nc1ccccc1. The summed E-state index contributed by atoms with van der Waals surface area (Å²) < 4.78 is 0. The molecule has 3 nitrogen and oxygen atoms in total. The first kappa shape index (κ1) is 11.8. The van der Waals surface area contributed by atoms with Crippen LogP contribution in [0.5, 0.6) is 0 Å². The number of nitrogens with zero attached hydrogens (tertiary/aromatic N) is 1. The van der Waals surface area contributed by atoms with E-state index in [1.54, 1.807) is 18.2 Å². The maximum absolute atomic E-state index is 5.76. The lowest BCUT2D eigenvalue weighted by Gasteiger charge is -2.03. The molecule has 1 aromatic carbocycles. The number of hydrogen-bond acceptors (Lipinski definition) is 2. The second-order valence-electron chi connectivity index (χ2n) is 3.04. The summed E-state index contributed by atoms with van der Waals surface area (Å²) in [7, 11) is 0. The average molecular weight is 213 g/mol. The van der Waals surface area contributed by atoms with Gasteiger partial charge in [-0.15, -0.1) is 0 Å². The van der Waals surface area contributed by atoms with Gasteiger partial charge in [-0.25, -0.2) is 0 Å². The Morgan fingerprint density at radius 3 is 2.50 bits per heavy atom. The van der Waals surface area contributed by atoms with E-state index >= 15 is 0 Å². The molecule has 0 heterocycles.